The number of amides is 1. The van der Waals surface area contributed by atoms with E-state index in [0.29, 0.717) is 13.1 Å². The largest absolute Gasteiger partial charge is 0.496 e. The van der Waals surface area contributed by atoms with Gasteiger partial charge in [0, 0.05) is 24.1 Å². The van der Waals surface area contributed by atoms with E-state index in [-0.39, 0.29) is 23.5 Å². The maximum absolute atomic E-state index is 12.3. The molecule has 5 heteroatoms. The van der Waals surface area contributed by atoms with Gasteiger partial charge in [-0.25, -0.2) is 0 Å². The number of hydrogen-bond acceptors (Lipinski definition) is 4. The first-order valence-corrected chi connectivity index (χ1v) is 7.95. The van der Waals surface area contributed by atoms with Gasteiger partial charge >= 0.3 is 0 Å². The molecule has 0 spiro atoms. The molecule has 1 saturated carbocycles. The number of methoxy groups -OCH3 is 1. The van der Waals surface area contributed by atoms with Crippen LogP contribution >= 0.6 is 0 Å². The minimum atomic E-state index is -0.345. The van der Waals surface area contributed by atoms with Crippen molar-refractivity contribution in [2.24, 2.45) is 5.73 Å². The molecule has 2 aliphatic rings. The summed E-state index contributed by atoms with van der Waals surface area (Å²) in [4.78, 5) is 12.3. The lowest BCUT2D eigenvalue weighted by Gasteiger charge is -2.20. The van der Waals surface area contributed by atoms with Gasteiger partial charge in [0.05, 0.1) is 13.2 Å². The third-order valence-electron chi connectivity index (χ3n) is 4.80. The number of para-hydroxylation sites is 1. The molecule has 1 heterocycles. The van der Waals surface area contributed by atoms with E-state index in [1.807, 2.05) is 18.2 Å². The van der Waals surface area contributed by atoms with Gasteiger partial charge in [0.2, 0.25) is 5.91 Å². The molecular weight excluding hydrogens is 280 g/mol. The monoisotopic (exact) mass is 304 g/mol. The number of benzene rings is 1. The molecule has 1 saturated heterocycles. The molecule has 5 nitrogen and oxygen atoms in total. The summed E-state index contributed by atoms with van der Waals surface area (Å²) in [6.45, 7) is 1.12. The molecule has 1 aromatic rings. The van der Waals surface area contributed by atoms with E-state index in [1.165, 1.54) is 5.56 Å². The predicted octanol–water partition coefficient (Wildman–Crippen LogP) is 1.35. The van der Waals surface area contributed by atoms with Gasteiger partial charge in [0.15, 0.2) is 0 Å². The molecule has 1 aliphatic heterocycles. The Morgan fingerprint density at radius 1 is 1.41 bits per heavy atom. The van der Waals surface area contributed by atoms with Gasteiger partial charge < -0.3 is 20.5 Å². The summed E-state index contributed by atoms with van der Waals surface area (Å²) in [5, 5.41) is 3.06. The Labute approximate surface area is 131 Å². The van der Waals surface area contributed by atoms with Crippen molar-refractivity contribution in [2.45, 2.75) is 43.3 Å². The Morgan fingerprint density at radius 2 is 2.18 bits per heavy atom. The number of rotatable bonds is 6. The lowest BCUT2D eigenvalue weighted by molar-refractivity contribution is -0.131. The van der Waals surface area contributed by atoms with E-state index in [4.69, 9.17) is 15.2 Å². The Kier molecular flexibility index (Phi) is 4.36. The quantitative estimate of drug-likeness (QED) is 0.832. The summed E-state index contributed by atoms with van der Waals surface area (Å²) >= 11 is 0. The normalized spacial score (nSPS) is 25.7. The molecule has 0 bridgehead atoms. The third-order valence-corrected chi connectivity index (χ3v) is 4.80. The number of carbonyl (C=O) groups excluding carboxylic acids is 1. The van der Waals surface area contributed by atoms with E-state index in [9.17, 15) is 4.79 Å². The lowest BCUT2D eigenvalue weighted by atomic mass is 9.94. The Bertz CT molecular complexity index is 542. The number of ether oxygens (including phenoxy) is 2. The van der Waals surface area contributed by atoms with Crippen molar-refractivity contribution in [3.63, 3.8) is 0 Å². The highest BCUT2D eigenvalue weighted by Gasteiger charge is 2.46. The average molecular weight is 304 g/mol. The van der Waals surface area contributed by atoms with Gasteiger partial charge in [-0.3, -0.25) is 4.79 Å². The summed E-state index contributed by atoms with van der Waals surface area (Å²) in [7, 11) is 1.69. The van der Waals surface area contributed by atoms with E-state index < -0.39 is 0 Å². The highest BCUT2D eigenvalue weighted by molar-refractivity contribution is 5.81. The molecule has 2 atom stereocenters. The molecule has 1 aromatic carbocycles. The molecule has 3 N–H and O–H groups in total. The molecule has 22 heavy (non-hydrogen) atoms. The molecule has 0 aromatic heterocycles. The molecular formula is C17H24N2O3. The maximum atomic E-state index is 12.3. The van der Waals surface area contributed by atoms with Crippen LogP contribution < -0.4 is 15.8 Å². The zero-order valence-electron chi connectivity index (χ0n) is 13.0. The summed E-state index contributed by atoms with van der Waals surface area (Å²) in [6, 6.07) is 8.06. The number of nitrogens with one attached hydrogen (secondary N) is 1. The van der Waals surface area contributed by atoms with Crippen LogP contribution in [0.15, 0.2) is 24.3 Å². The van der Waals surface area contributed by atoms with E-state index >= 15 is 0 Å². The van der Waals surface area contributed by atoms with E-state index in [2.05, 4.69) is 11.4 Å². The minimum absolute atomic E-state index is 0.0166. The van der Waals surface area contributed by atoms with Crippen LogP contribution in [-0.4, -0.2) is 38.3 Å². The Balaban J connectivity index is 1.60. The molecule has 3 rings (SSSR count). The second kappa shape index (κ2) is 6.26. The SMILES string of the molecule is COc1ccccc1C1(CNC(=O)[C@@H]2CC[C@H](CN)O2)CC1. The first-order chi connectivity index (χ1) is 10.7. The summed E-state index contributed by atoms with van der Waals surface area (Å²) in [6.07, 6.45) is 3.46. The van der Waals surface area contributed by atoms with Gasteiger partial charge in [0.25, 0.3) is 0 Å². The van der Waals surface area contributed by atoms with Crippen LogP contribution in [0.1, 0.15) is 31.2 Å². The van der Waals surface area contributed by atoms with Crippen LogP contribution in [0.4, 0.5) is 0 Å². The molecule has 120 valence electrons. The van der Waals surface area contributed by atoms with Crippen molar-refractivity contribution in [3.05, 3.63) is 29.8 Å². The van der Waals surface area contributed by atoms with Crippen molar-refractivity contribution in [2.75, 3.05) is 20.2 Å². The van der Waals surface area contributed by atoms with Crippen molar-refractivity contribution >= 4 is 5.91 Å². The van der Waals surface area contributed by atoms with Crippen molar-refractivity contribution in [1.82, 2.24) is 5.32 Å². The fourth-order valence-electron chi connectivity index (χ4n) is 3.22. The Hall–Kier alpha value is -1.59. The summed E-state index contributed by atoms with van der Waals surface area (Å²) in [5.74, 6) is 0.881. The second-order valence-electron chi connectivity index (χ2n) is 6.26. The van der Waals surface area contributed by atoms with Crippen molar-refractivity contribution in [3.8, 4) is 5.75 Å². The highest BCUT2D eigenvalue weighted by Crippen LogP contribution is 2.50. The summed E-state index contributed by atoms with van der Waals surface area (Å²) < 4.78 is 11.1. The van der Waals surface area contributed by atoms with Crippen molar-refractivity contribution < 1.29 is 14.3 Å². The molecule has 2 fully saturated rings. The highest BCUT2D eigenvalue weighted by atomic mass is 16.5. The number of nitrogens with two attached hydrogens (primary N) is 1. The van der Waals surface area contributed by atoms with Gasteiger partial charge in [0.1, 0.15) is 11.9 Å². The first-order valence-electron chi connectivity index (χ1n) is 7.95. The van der Waals surface area contributed by atoms with Crippen LogP contribution in [0, 0.1) is 0 Å². The van der Waals surface area contributed by atoms with Gasteiger partial charge in [-0.1, -0.05) is 18.2 Å². The smallest absolute Gasteiger partial charge is 0.249 e. The Morgan fingerprint density at radius 3 is 2.82 bits per heavy atom. The van der Waals surface area contributed by atoms with Crippen molar-refractivity contribution in [1.29, 1.82) is 0 Å². The lowest BCUT2D eigenvalue weighted by Crippen LogP contribution is -2.39. The zero-order valence-corrected chi connectivity index (χ0v) is 13.0. The maximum Gasteiger partial charge on any atom is 0.249 e. The fraction of sp³-hybridized carbons (Fsp3) is 0.588. The molecule has 1 amide bonds. The second-order valence-corrected chi connectivity index (χ2v) is 6.26. The van der Waals surface area contributed by atoms with Crippen LogP contribution in [0.5, 0.6) is 5.75 Å². The fourth-order valence-corrected chi connectivity index (χ4v) is 3.22. The topological polar surface area (TPSA) is 73.6 Å². The predicted molar refractivity (Wildman–Crippen MR) is 83.9 cm³/mol. The van der Waals surface area contributed by atoms with E-state index in [1.54, 1.807) is 7.11 Å². The van der Waals surface area contributed by atoms with Gasteiger partial charge in [-0.05, 0) is 31.7 Å². The van der Waals surface area contributed by atoms with Gasteiger partial charge in [-0.2, -0.15) is 0 Å². The average Bonchev–Trinajstić information content (AvgIpc) is 3.20. The van der Waals surface area contributed by atoms with Crippen LogP contribution in [-0.2, 0) is 14.9 Å². The minimum Gasteiger partial charge on any atom is -0.496 e. The number of carbonyl (C=O) groups is 1. The standard InChI is InChI=1S/C17H24N2O3/c1-21-14-5-3-2-4-13(14)17(8-9-17)11-19-16(20)15-7-6-12(10-18)22-15/h2-5,12,15H,6-11,18H2,1H3,(H,19,20)/t12-,15+/m1/s1. The summed E-state index contributed by atoms with van der Waals surface area (Å²) in [5.41, 5.74) is 6.79. The zero-order chi connectivity index (χ0) is 15.6. The van der Waals surface area contributed by atoms with Gasteiger partial charge in [-0.15, -0.1) is 0 Å². The van der Waals surface area contributed by atoms with Crippen LogP contribution in [0.3, 0.4) is 0 Å². The molecule has 1 aliphatic carbocycles. The van der Waals surface area contributed by atoms with Crippen LogP contribution in [0.2, 0.25) is 0 Å². The molecule has 0 unspecified atom stereocenters. The first kappa shape index (κ1) is 15.3. The van der Waals surface area contributed by atoms with E-state index in [0.717, 1.165) is 31.4 Å². The third kappa shape index (κ3) is 2.96. The van der Waals surface area contributed by atoms with Crippen LogP contribution in [0.25, 0.3) is 0 Å². The molecule has 0 radical (unpaired) electrons. The number of hydrogen-bond donors (Lipinski definition) is 2.